The monoisotopic (exact) mass is 414 g/mol. The highest BCUT2D eigenvalue weighted by molar-refractivity contribution is 5.91. The number of hydrogen-bond acceptors (Lipinski definition) is 6. The smallest absolute Gasteiger partial charge is 0.337 e. The molecule has 1 fully saturated rings. The quantitative estimate of drug-likeness (QED) is 0.445. The third-order valence-corrected chi connectivity index (χ3v) is 6.78. The van der Waals surface area contributed by atoms with Crippen LogP contribution < -0.4 is 4.74 Å². The Balaban J connectivity index is 1.82. The van der Waals surface area contributed by atoms with Crippen molar-refractivity contribution in [1.29, 1.82) is 0 Å². The van der Waals surface area contributed by atoms with Crippen molar-refractivity contribution in [3.63, 3.8) is 0 Å². The molecule has 7 heteroatoms. The number of methoxy groups -OCH3 is 3. The van der Waals surface area contributed by atoms with E-state index in [1.165, 1.54) is 20.5 Å². The summed E-state index contributed by atoms with van der Waals surface area (Å²) in [6.45, 7) is 3.56. The molecule has 162 valence electrons. The van der Waals surface area contributed by atoms with Crippen molar-refractivity contribution in [1.82, 2.24) is 9.88 Å². The van der Waals surface area contributed by atoms with Crippen molar-refractivity contribution in [2.75, 3.05) is 34.4 Å². The van der Waals surface area contributed by atoms with Crippen LogP contribution in [0.3, 0.4) is 0 Å². The van der Waals surface area contributed by atoms with Crippen molar-refractivity contribution in [3.05, 3.63) is 41.3 Å². The first kappa shape index (κ1) is 20.8. The van der Waals surface area contributed by atoms with Crippen molar-refractivity contribution in [2.45, 2.75) is 31.9 Å². The number of nitrogens with zero attached hydrogens (tertiary/aromatic N) is 1. The van der Waals surface area contributed by atoms with Gasteiger partial charge in [0.25, 0.3) is 0 Å². The molecule has 4 rings (SSSR count). The van der Waals surface area contributed by atoms with Crippen LogP contribution in [-0.2, 0) is 26.4 Å². The number of aliphatic hydroxyl groups is 1. The number of aromatic nitrogens is 1. The van der Waals surface area contributed by atoms with Gasteiger partial charge in [-0.3, -0.25) is 4.90 Å². The lowest BCUT2D eigenvalue weighted by molar-refractivity contribution is -0.174. The van der Waals surface area contributed by atoms with Gasteiger partial charge in [0.1, 0.15) is 5.75 Å². The van der Waals surface area contributed by atoms with Crippen molar-refractivity contribution >= 4 is 16.9 Å². The van der Waals surface area contributed by atoms with Gasteiger partial charge in [0.15, 0.2) is 5.72 Å². The third-order valence-electron chi connectivity index (χ3n) is 6.78. The molecule has 1 aromatic carbocycles. The van der Waals surface area contributed by atoms with Crippen LogP contribution in [0, 0.1) is 11.8 Å². The van der Waals surface area contributed by atoms with E-state index in [0.717, 1.165) is 47.3 Å². The predicted octanol–water partition coefficient (Wildman–Crippen LogP) is 2.93. The molecule has 30 heavy (non-hydrogen) atoms. The van der Waals surface area contributed by atoms with Crippen LogP contribution in [0.15, 0.2) is 30.0 Å². The first-order chi connectivity index (χ1) is 14.5. The number of rotatable bonds is 5. The topological polar surface area (TPSA) is 84.0 Å². The molecular weight excluding hydrogens is 384 g/mol. The van der Waals surface area contributed by atoms with E-state index in [4.69, 9.17) is 14.2 Å². The van der Waals surface area contributed by atoms with E-state index >= 15 is 0 Å². The molecule has 1 saturated heterocycles. The highest BCUT2D eigenvalue weighted by atomic mass is 16.5. The number of H-pyrrole nitrogens is 1. The highest BCUT2D eigenvalue weighted by Gasteiger charge is 2.51. The molecule has 0 radical (unpaired) electrons. The molecule has 3 heterocycles. The minimum Gasteiger partial charge on any atom is -0.504 e. The second kappa shape index (κ2) is 7.96. The van der Waals surface area contributed by atoms with Crippen molar-refractivity contribution in [2.24, 2.45) is 11.8 Å². The van der Waals surface area contributed by atoms with Gasteiger partial charge < -0.3 is 24.3 Å². The molecule has 0 spiro atoms. The lowest BCUT2D eigenvalue weighted by Gasteiger charge is -2.51. The number of fused-ring (bicyclic) bond motifs is 5. The summed E-state index contributed by atoms with van der Waals surface area (Å²) in [5, 5.41) is 13.0. The lowest BCUT2D eigenvalue weighted by Crippen LogP contribution is -2.58. The molecule has 3 atom stereocenters. The summed E-state index contributed by atoms with van der Waals surface area (Å²) in [6, 6.07) is 5.89. The van der Waals surface area contributed by atoms with E-state index in [1.807, 2.05) is 18.2 Å². The van der Waals surface area contributed by atoms with Crippen molar-refractivity contribution in [3.8, 4) is 5.75 Å². The summed E-state index contributed by atoms with van der Waals surface area (Å²) in [5.41, 5.74) is 2.11. The van der Waals surface area contributed by atoms with Gasteiger partial charge in [0.05, 0.1) is 38.9 Å². The number of benzene rings is 1. The normalized spacial score (nSPS) is 26.8. The van der Waals surface area contributed by atoms with E-state index in [-0.39, 0.29) is 11.8 Å². The minimum atomic E-state index is -1.20. The minimum absolute atomic E-state index is 0.178. The Labute approximate surface area is 176 Å². The summed E-state index contributed by atoms with van der Waals surface area (Å²) in [5.74, 6) is 0.427. The van der Waals surface area contributed by atoms with Gasteiger partial charge in [-0.05, 0) is 30.0 Å². The van der Waals surface area contributed by atoms with Gasteiger partial charge in [0.2, 0.25) is 0 Å². The van der Waals surface area contributed by atoms with Gasteiger partial charge in [-0.15, -0.1) is 0 Å². The molecule has 2 N–H and O–H groups in total. The average Bonchev–Trinajstić information content (AvgIpc) is 3.16. The first-order valence-corrected chi connectivity index (χ1v) is 10.4. The first-order valence-electron chi connectivity index (χ1n) is 10.4. The number of ether oxygens (including phenoxy) is 3. The van der Waals surface area contributed by atoms with Crippen LogP contribution in [0.4, 0.5) is 0 Å². The molecule has 0 bridgehead atoms. The van der Waals surface area contributed by atoms with Gasteiger partial charge in [-0.25, -0.2) is 4.79 Å². The largest absolute Gasteiger partial charge is 0.504 e. The Kier molecular flexibility index (Phi) is 5.51. The number of esters is 1. The second-order valence-electron chi connectivity index (χ2n) is 8.15. The SMILES string of the molecule is CCC1CN2CCc3c([nH]c4cccc(OC)c34)C2(O)CC1/C(=C\OC)C(=O)OC. The van der Waals surface area contributed by atoms with Crippen LogP contribution in [0.5, 0.6) is 5.75 Å². The predicted molar refractivity (Wildman–Crippen MR) is 113 cm³/mol. The summed E-state index contributed by atoms with van der Waals surface area (Å²) >= 11 is 0. The number of nitrogens with one attached hydrogen (secondary N) is 1. The molecular formula is C23H30N2O5. The number of aromatic amines is 1. The van der Waals surface area contributed by atoms with Gasteiger partial charge in [0, 0.05) is 36.3 Å². The molecule has 0 amide bonds. The zero-order valence-electron chi connectivity index (χ0n) is 18.0. The summed E-state index contributed by atoms with van der Waals surface area (Å²) in [6.07, 6.45) is 3.58. The van der Waals surface area contributed by atoms with Gasteiger partial charge >= 0.3 is 5.97 Å². The maximum Gasteiger partial charge on any atom is 0.337 e. The third kappa shape index (κ3) is 3.08. The van der Waals surface area contributed by atoms with Crippen LogP contribution in [0.1, 0.15) is 31.0 Å². The standard InChI is InChI=1S/C23H30N2O5/c1-5-14-12-25-10-9-15-20-18(7-6-8-19(20)29-3)24-21(15)23(25,27)11-16(14)17(13-28-2)22(26)30-4/h6-8,13-14,16,24,27H,5,9-12H2,1-4H3/b17-13+. The summed E-state index contributed by atoms with van der Waals surface area (Å²) in [7, 11) is 4.56. The maximum absolute atomic E-state index is 12.5. The molecule has 3 unspecified atom stereocenters. The van der Waals surface area contributed by atoms with Crippen LogP contribution >= 0.6 is 0 Å². The number of hydrogen-bond donors (Lipinski definition) is 2. The van der Waals surface area contributed by atoms with Crippen molar-refractivity contribution < 1.29 is 24.1 Å². The van der Waals surface area contributed by atoms with E-state index in [2.05, 4.69) is 16.8 Å². The maximum atomic E-state index is 12.5. The molecule has 2 aliphatic heterocycles. The molecule has 0 aliphatic carbocycles. The fourth-order valence-corrected chi connectivity index (χ4v) is 5.30. The second-order valence-corrected chi connectivity index (χ2v) is 8.15. The Bertz CT molecular complexity index is 981. The zero-order valence-corrected chi connectivity index (χ0v) is 18.0. The lowest BCUT2D eigenvalue weighted by atomic mass is 9.72. The Morgan fingerprint density at radius 1 is 1.37 bits per heavy atom. The molecule has 2 aromatic rings. The van der Waals surface area contributed by atoms with E-state index in [9.17, 15) is 9.90 Å². The molecule has 7 nitrogen and oxygen atoms in total. The van der Waals surface area contributed by atoms with E-state index < -0.39 is 11.7 Å². The number of piperidine rings is 1. The van der Waals surface area contributed by atoms with Crippen LogP contribution in [-0.4, -0.2) is 55.4 Å². The average molecular weight is 415 g/mol. The van der Waals surface area contributed by atoms with Crippen LogP contribution in [0.25, 0.3) is 10.9 Å². The fourth-order valence-electron chi connectivity index (χ4n) is 5.30. The fraction of sp³-hybridized carbons (Fsp3) is 0.522. The molecule has 2 aliphatic rings. The van der Waals surface area contributed by atoms with Gasteiger partial charge in [-0.2, -0.15) is 0 Å². The van der Waals surface area contributed by atoms with Gasteiger partial charge in [-0.1, -0.05) is 19.4 Å². The van der Waals surface area contributed by atoms with E-state index in [1.54, 1.807) is 7.11 Å². The van der Waals surface area contributed by atoms with E-state index in [0.29, 0.717) is 18.5 Å². The Morgan fingerprint density at radius 3 is 2.83 bits per heavy atom. The summed E-state index contributed by atoms with van der Waals surface area (Å²) < 4.78 is 15.8. The Hall–Kier alpha value is -2.51. The number of carbonyl (C=O) groups excluding carboxylic acids is 1. The Morgan fingerprint density at radius 2 is 2.17 bits per heavy atom. The van der Waals surface area contributed by atoms with Crippen LogP contribution in [0.2, 0.25) is 0 Å². The summed E-state index contributed by atoms with van der Waals surface area (Å²) in [4.78, 5) is 18.1. The number of carbonyl (C=O) groups is 1. The molecule has 0 saturated carbocycles. The molecule has 1 aromatic heterocycles. The zero-order chi connectivity index (χ0) is 21.5. The highest BCUT2D eigenvalue weighted by Crippen LogP contribution is 2.49.